The van der Waals surface area contributed by atoms with Crippen LogP contribution in [0.15, 0.2) is 152 Å². The van der Waals surface area contributed by atoms with Crippen molar-refractivity contribution in [2.45, 2.75) is 37.5 Å². The molecule has 2 aliphatic rings. The fourth-order valence-electron chi connectivity index (χ4n) is 8.31. The zero-order valence-electron chi connectivity index (χ0n) is 27.8. The summed E-state index contributed by atoms with van der Waals surface area (Å²) in [5.41, 5.74) is 15.6. The van der Waals surface area contributed by atoms with Gasteiger partial charge in [-0.2, -0.15) is 5.26 Å². The number of hydrogen-bond acceptors (Lipinski definition) is 3. The molecule has 0 bridgehead atoms. The largest absolute Gasteiger partial charge is 0.228 e. The fourth-order valence-corrected chi connectivity index (χ4v) is 8.31. The molecule has 1 fully saturated rings. The molecule has 7 aromatic rings. The van der Waals surface area contributed by atoms with Crippen LogP contribution in [0.2, 0.25) is 0 Å². The highest BCUT2D eigenvalue weighted by molar-refractivity contribution is 5.89. The molecule has 6 aromatic carbocycles. The molecule has 238 valence electrons. The van der Waals surface area contributed by atoms with Crippen LogP contribution in [0.1, 0.15) is 48.8 Å². The van der Waals surface area contributed by atoms with Crippen molar-refractivity contribution in [1.29, 1.82) is 5.26 Å². The predicted octanol–water partition coefficient (Wildman–Crippen LogP) is 11.9. The number of aromatic nitrogens is 2. The molecule has 3 nitrogen and oxygen atoms in total. The molecule has 0 radical (unpaired) electrons. The van der Waals surface area contributed by atoms with E-state index in [0.29, 0.717) is 5.82 Å². The second-order valence-electron chi connectivity index (χ2n) is 13.6. The molecule has 3 heteroatoms. The minimum atomic E-state index is -0.00394. The molecule has 2 aliphatic carbocycles. The summed E-state index contributed by atoms with van der Waals surface area (Å²) in [6.07, 6.45) is 5.98. The molecule has 50 heavy (non-hydrogen) atoms. The Balaban J connectivity index is 1.18. The molecule has 9 rings (SSSR count). The summed E-state index contributed by atoms with van der Waals surface area (Å²) >= 11 is 0. The van der Waals surface area contributed by atoms with Gasteiger partial charge in [0.25, 0.3) is 0 Å². The van der Waals surface area contributed by atoms with E-state index in [1.807, 2.05) is 18.2 Å². The van der Waals surface area contributed by atoms with E-state index in [1.54, 1.807) is 0 Å². The van der Waals surface area contributed by atoms with Crippen LogP contribution < -0.4 is 0 Å². The predicted molar refractivity (Wildman–Crippen MR) is 203 cm³/mol. The lowest BCUT2D eigenvalue weighted by atomic mass is 9.67. The number of fused-ring (bicyclic) bond motifs is 5. The molecule has 0 N–H and O–H groups in total. The first kappa shape index (κ1) is 30.0. The van der Waals surface area contributed by atoms with Crippen LogP contribution in [0.25, 0.3) is 67.3 Å². The van der Waals surface area contributed by atoms with Gasteiger partial charge in [-0.1, -0.05) is 147 Å². The van der Waals surface area contributed by atoms with Gasteiger partial charge in [0.15, 0.2) is 5.82 Å². The van der Waals surface area contributed by atoms with Gasteiger partial charge in [0.1, 0.15) is 0 Å². The van der Waals surface area contributed by atoms with E-state index in [2.05, 4.69) is 140 Å². The maximum absolute atomic E-state index is 9.79. The molecule has 0 unspecified atom stereocenters. The van der Waals surface area contributed by atoms with Crippen LogP contribution in [0, 0.1) is 11.3 Å². The molecule has 0 aliphatic heterocycles. The molecular weight excluding hydrogens is 607 g/mol. The number of nitriles is 1. The third-order valence-corrected chi connectivity index (χ3v) is 10.8. The van der Waals surface area contributed by atoms with E-state index in [0.717, 1.165) is 63.2 Å². The average molecular weight is 642 g/mol. The van der Waals surface area contributed by atoms with Gasteiger partial charge in [-0.25, -0.2) is 9.97 Å². The number of rotatable bonds is 5. The van der Waals surface area contributed by atoms with Gasteiger partial charge in [0.05, 0.1) is 23.0 Å². The van der Waals surface area contributed by atoms with E-state index in [4.69, 9.17) is 9.97 Å². The first-order valence-electron chi connectivity index (χ1n) is 17.6. The topological polar surface area (TPSA) is 49.6 Å². The molecule has 0 amide bonds. The maximum atomic E-state index is 9.79. The molecule has 1 spiro atoms. The van der Waals surface area contributed by atoms with Gasteiger partial charge in [0.2, 0.25) is 0 Å². The SMILES string of the molecule is N#Cc1ccc2c(c1)C1(CCCCC1)c1ccc(-c3ccccc3-c3cc(-c4ccccc4)nc(-c4ccc(-c5ccccc5)cc4)n3)cc1-2. The summed E-state index contributed by atoms with van der Waals surface area (Å²) in [5, 5.41) is 9.79. The molecule has 1 heterocycles. The van der Waals surface area contributed by atoms with E-state index in [9.17, 15) is 5.26 Å². The Kier molecular flexibility index (Phi) is 7.44. The van der Waals surface area contributed by atoms with Gasteiger partial charge in [0, 0.05) is 22.1 Å². The Hall–Kier alpha value is -6.11. The quantitative estimate of drug-likeness (QED) is 0.188. The smallest absolute Gasteiger partial charge is 0.160 e. The van der Waals surface area contributed by atoms with E-state index in [-0.39, 0.29) is 5.41 Å². The fraction of sp³-hybridized carbons (Fsp3) is 0.128. The Morgan fingerprint density at radius 2 is 1.06 bits per heavy atom. The van der Waals surface area contributed by atoms with Crippen molar-refractivity contribution in [2.24, 2.45) is 0 Å². The summed E-state index contributed by atoms with van der Waals surface area (Å²) in [5.74, 6) is 0.700. The highest BCUT2D eigenvalue weighted by Gasteiger charge is 2.44. The van der Waals surface area contributed by atoms with E-state index >= 15 is 0 Å². The number of benzene rings is 6. The first-order valence-corrected chi connectivity index (χ1v) is 17.6. The Morgan fingerprint density at radius 3 is 1.80 bits per heavy atom. The standard InChI is InChI=1S/C47H35N3/c48-31-32-18-24-39-41-29-37(23-25-42(41)47(43(39)28-32)26-10-3-11-27-47)38-16-8-9-17-40(38)45-30-44(35-14-6-2-7-15-35)49-46(50-45)36-21-19-34(20-22-36)33-12-4-1-5-13-33/h1-2,4-9,12-25,28-30H,3,10-11,26-27H2. The maximum Gasteiger partial charge on any atom is 0.160 e. The summed E-state index contributed by atoms with van der Waals surface area (Å²) in [6, 6.07) is 55.8. The first-order chi connectivity index (χ1) is 24.7. The van der Waals surface area contributed by atoms with Gasteiger partial charge < -0.3 is 0 Å². The number of hydrogen-bond donors (Lipinski definition) is 0. The lowest BCUT2D eigenvalue weighted by Gasteiger charge is -2.36. The third kappa shape index (κ3) is 5.13. The zero-order chi connectivity index (χ0) is 33.5. The summed E-state index contributed by atoms with van der Waals surface area (Å²) < 4.78 is 0. The van der Waals surface area contributed by atoms with Crippen molar-refractivity contribution in [3.63, 3.8) is 0 Å². The van der Waals surface area contributed by atoms with Crippen LogP contribution in [-0.4, -0.2) is 9.97 Å². The van der Waals surface area contributed by atoms with Crippen LogP contribution in [0.5, 0.6) is 0 Å². The van der Waals surface area contributed by atoms with Crippen molar-refractivity contribution < 1.29 is 0 Å². The average Bonchev–Trinajstić information content (AvgIpc) is 3.45. The van der Waals surface area contributed by atoms with E-state index < -0.39 is 0 Å². The van der Waals surface area contributed by atoms with Crippen molar-refractivity contribution in [2.75, 3.05) is 0 Å². The van der Waals surface area contributed by atoms with Crippen LogP contribution in [0.3, 0.4) is 0 Å². The summed E-state index contributed by atoms with van der Waals surface area (Å²) in [4.78, 5) is 10.3. The van der Waals surface area contributed by atoms with E-state index in [1.165, 1.54) is 47.1 Å². The molecule has 0 saturated heterocycles. The van der Waals surface area contributed by atoms with Gasteiger partial charge in [-0.3, -0.25) is 0 Å². The molecule has 0 atom stereocenters. The van der Waals surface area contributed by atoms with Gasteiger partial charge in [-0.05, 0) is 81.6 Å². The lowest BCUT2D eigenvalue weighted by Crippen LogP contribution is -2.28. The van der Waals surface area contributed by atoms with Crippen LogP contribution in [-0.2, 0) is 5.41 Å². The second-order valence-corrected chi connectivity index (χ2v) is 13.6. The molecular formula is C47H35N3. The Labute approximate surface area is 293 Å². The monoisotopic (exact) mass is 641 g/mol. The highest BCUT2D eigenvalue weighted by Crippen LogP contribution is 2.56. The Morgan fingerprint density at radius 1 is 0.440 bits per heavy atom. The summed E-state index contributed by atoms with van der Waals surface area (Å²) in [6.45, 7) is 0. The van der Waals surface area contributed by atoms with Crippen molar-refractivity contribution in [3.8, 4) is 73.4 Å². The minimum absolute atomic E-state index is 0.00394. The van der Waals surface area contributed by atoms with Crippen molar-refractivity contribution >= 4 is 0 Å². The van der Waals surface area contributed by atoms with Crippen LogP contribution in [0.4, 0.5) is 0 Å². The van der Waals surface area contributed by atoms with Crippen molar-refractivity contribution in [3.05, 3.63) is 168 Å². The number of nitrogens with zero attached hydrogens (tertiary/aromatic N) is 3. The highest BCUT2D eigenvalue weighted by atomic mass is 14.9. The zero-order valence-corrected chi connectivity index (χ0v) is 27.8. The molecule has 1 saturated carbocycles. The third-order valence-electron chi connectivity index (χ3n) is 10.8. The normalized spacial score (nSPS) is 14.1. The Bertz CT molecular complexity index is 2400. The minimum Gasteiger partial charge on any atom is -0.228 e. The van der Waals surface area contributed by atoms with Gasteiger partial charge >= 0.3 is 0 Å². The lowest BCUT2D eigenvalue weighted by molar-refractivity contribution is 0.353. The second kappa shape index (κ2) is 12.4. The molecule has 1 aromatic heterocycles. The van der Waals surface area contributed by atoms with Crippen molar-refractivity contribution in [1.82, 2.24) is 9.97 Å². The van der Waals surface area contributed by atoms with Crippen LogP contribution >= 0.6 is 0 Å². The summed E-state index contributed by atoms with van der Waals surface area (Å²) in [7, 11) is 0. The van der Waals surface area contributed by atoms with Gasteiger partial charge in [-0.15, -0.1) is 0 Å².